The van der Waals surface area contributed by atoms with Crippen LogP contribution in [0.2, 0.25) is 0 Å². The molecule has 0 unspecified atom stereocenters. The van der Waals surface area contributed by atoms with Gasteiger partial charge in [-0.1, -0.05) is 15.9 Å². The van der Waals surface area contributed by atoms with Gasteiger partial charge in [0.25, 0.3) is 0 Å². The van der Waals surface area contributed by atoms with Gasteiger partial charge in [0.2, 0.25) is 0 Å². The second-order valence-electron chi connectivity index (χ2n) is 4.41. The smallest absolute Gasteiger partial charge is 0.140 e. The molecule has 0 radical (unpaired) electrons. The second-order valence-corrected chi connectivity index (χ2v) is 5.33. The lowest BCUT2D eigenvalue weighted by Crippen LogP contribution is -2.19. The summed E-state index contributed by atoms with van der Waals surface area (Å²) in [5.41, 5.74) is 1.82. The van der Waals surface area contributed by atoms with E-state index in [2.05, 4.69) is 35.9 Å². The van der Waals surface area contributed by atoms with Crippen molar-refractivity contribution in [2.75, 3.05) is 11.9 Å². The van der Waals surface area contributed by atoms with E-state index < -0.39 is 0 Å². The van der Waals surface area contributed by atoms with Crippen LogP contribution in [0.5, 0.6) is 0 Å². The molecule has 0 bridgehead atoms. The molecule has 5 nitrogen and oxygen atoms in total. The summed E-state index contributed by atoms with van der Waals surface area (Å²) in [7, 11) is 1.98. The molecule has 2 aromatic heterocycles. The van der Waals surface area contributed by atoms with Gasteiger partial charge < -0.3 is 4.90 Å². The second kappa shape index (κ2) is 5.50. The SMILES string of the molecule is CN(Cc1cnccn1)c1ncnc2ccc(Br)cc12. The van der Waals surface area contributed by atoms with E-state index in [9.17, 15) is 0 Å². The van der Waals surface area contributed by atoms with Gasteiger partial charge in [-0.3, -0.25) is 9.97 Å². The largest absolute Gasteiger partial charge is 0.353 e. The number of hydrogen-bond acceptors (Lipinski definition) is 5. The number of anilines is 1. The Bertz CT molecular complexity index is 732. The molecule has 0 aliphatic rings. The molecule has 0 saturated heterocycles. The monoisotopic (exact) mass is 329 g/mol. The van der Waals surface area contributed by atoms with Crippen LogP contribution in [0.4, 0.5) is 5.82 Å². The van der Waals surface area contributed by atoms with Crippen molar-refractivity contribution in [1.82, 2.24) is 19.9 Å². The van der Waals surface area contributed by atoms with E-state index in [1.165, 1.54) is 0 Å². The van der Waals surface area contributed by atoms with Crippen LogP contribution in [-0.4, -0.2) is 27.0 Å². The first kappa shape index (κ1) is 12.9. The number of hydrogen-bond donors (Lipinski definition) is 0. The van der Waals surface area contributed by atoms with E-state index in [0.29, 0.717) is 6.54 Å². The van der Waals surface area contributed by atoms with Gasteiger partial charge in [0.1, 0.15) is 12.1 Å². The fourth-order valence-corrected chi connectivity index (χ4v) is 2.41. The molecule has 0 aliphatic heterocycles. The molecule has 100 valence electrons. The minimum Gasteiger partial charge on any atom is -0.353 e. The molecule has 6 heteroatoms. The number of nitrogens with zero attached hydrogens (tertiary/aromatic N) is 5. The predicted molar refractivity (Wildman–Crippen MR) is 81.4 cm³/mol. The summed E-state index contributed by atoms with van der Waals surface area (Å²) in [6.45, 7) is 0.645. The van der Waals surface area contributed by atoms with Crippen LogP contribution >= 0.6 is 15.9 Å². The average molecular weight is 330 g/mol. The molecule has 1 aromatic carbocycles. The summed E-state index contributed by atoms with van der Waals surface area (Å²) in [5.74, 6) is 0.877. The quantitative estimate of drug-likeness (QED) is 0.739. The minimum absolute atomic E-state index is 0.645. The van der Waals surface area contributed by atoms with Crippen LogP contribution in [-0.2, 0) is 6.54 Å². The van der Waals surface area contributed by atoms with Crippen molar-refractivity contribution in [3.05, 3.63) is 53.3 Å². The Kier molecular flexibility index (Phi) is 3.56. The van der Waals surface area contributed by atoms with Crippen molar-refractivity contribution in [2.24, 2.45) is 0 Å². The van der Waals surface area contributed by atoms with Gasteiger partial charge in [0.15, 0.2) is 0 Å². The molecule has 0 N–H and O–H groups in total. The lowest BCUT2D eigenvalue weighted by Gasteiger charge is -2.19. The summed E-state index contributed by atoms with van der Waals surface area (Å²) in [6.07, 6.45) is 6.70. The van der Waals surface area contributed by atoms with Crippen molar-refractivity contribution in [2.45, 2.75) is 6.54 Å². The Morgan fingerprint density at radius 2 is 2.05 bits per heavy atom. The molecule has 20 heavy (non-hydrogen) atoms. The molecular formula is C14H12BrN5. The number of fused-ring (bicyclic) bond motifs is 1. The van der Waals surface area contributed by atoms with Gasteiger partial charge in [-0.25, -0.2) is 9.97 Å². The highest BCUT2D eigenvalue weighted by Crippen LogP contribution is 2.25. The van der Waals surface area contributed by atoms with Crippen LogP contribution in [0, 0.1) is 0 Å². The fourth-order valence-electron chi connectivity index (χ4n) is 2.05. The zero-order valence-electron chi connectivity index (χ0n) is 10.9. The highest BCUT2D eigenvalue weighted by atomic mass is 79.9. The van der Waals surface area contributed by atoms with Crippen molar-refractivity contribution >= 4 is 32.7 Å². The van der Waals surface area contributed by atoms with Crippen molar-refractivity contribution in [3.63, 3.8) is 0 Å². The van der Waals surface area contributed by atoms with E-state index in [4.69, 9.17) is 0 Å². The maximum Gasteiger partial charge on any atom is 0.140 e. The molecular weight excluding hydrogens is 318 g/mol. The summed E-state index contributed by atoms with van der Waals surface area (Å²) in [5, 5.41) is 1.01. The number of halogens is 1. The highest BCUT2D eigenvalue weighted by Gasteiger charge is 2.10. The summed E-state index contributed by atoms with van der Waals surface area (Å²) in [6, 6.07) is 5.97. The summed E-state index contributed by atoms with van der Waals surface area (Å²) >= 11 is 3.49. The van der Waals surface area contributed by atoms with E-state index in [1.807, 2.05) is 30.1 Å². The first-order valence-corrected chi connectivity index (χ1v) is 6.89. The number of benzene rings is 1. The van der Waals surface area contributed by atoms with Crippen LogP contribution < -0.4 is 4.90 Å². The van der Waals surface area contributed by atoms with E-state index in [-0.39, 0.29) is 0 Å². The predicted octanol–water partition coefficient (Wildman–Crippen LogP) is 2.82. The Morgan fingerprint density at radius 3 is 2.85 bits per heavy atom. The zero-order chi connectivity index (χ0) is 13.9. The van der Waals surface area contributed by atoms with Gasteiger partial charge in [0, 0.05) is 29.3 Å². The first-order valence-electron chi connectivity index (χ1n) is 6.10. The van der Waals surface area contributed by atoms with Crippen molar-refractivity contribution in [1.29, 1.82) is 0 Å². The maximum atomic E-state index is 4.39. The Morgan fingerprint density at radius 1 is 1.15 bits per heavy atom. The molecule has 0 fully saturated rings. The van der Waals surface area contributed by atoms with E-state index in [0.717, 1.165) is 26.9 Å². The van der Waals surface area contributed by atoms with Crippen molar-refractivity contribution in [3.8, 4) is 0 Å². The molecule has 0 spiro atoms. The lowest BCUT2D eigenvalue weighted by atomic mass is 10.2. The third-order valence-corrected chi connectivity index (χ3v) is 3.45. The highest BCUT2D eigenvalue weighted by molar-refractivity contribution is 9.10. The van der Waals surface area contributed by atoms with Gasteiger partial charge in [0.05, 0.1) is 24.0 Å². The Hall–Kier alpha value is -2.08. The molecule has 0 atom stereocenters. The van der Waals surface area contributed by atoms with Gasteiger partial charge >= 0.3 is 0 Å². The first-order chi connectivity index (χ1) is 9.74. The van der Waals surface area contributed by atoms with Crippen LogP contribution in [0.15, 0.2) is 47.6 Å². The van der Waals surface area contributed by atoms with Crippen molar-refractivity contribution < 1.29 is 0 Å². The van der Waals surface area contributed by atoms with Gasteiger partial charge in [-0.05, 0) is 18.2 Å². The Labute approximate surface area is 124 Å². The maximum absolute atomic E-state index is 4.39. The van der Waals surface area contributed by atoms with Gasteiger partial charge in [-0.15, -0.1) is 0 Å². The summed E-state index contributed by atoms with van der Waals surface area (Å²) < 4.78 is 1.01. The third-order valence-electron chi connectivity index (χ3n) is 2.95. The third kappa shape index (κ3) is 2.60. The number of rotatable bonds is 3. The topological polar surface area (TPSA) is 54.8 Å². The number of aromatic nitrogens is 4. The lowest BCUT2D eigenvalue weighted by molar-refractivity contribution is 0.858. The standard InChI is InChI=1S/C14H12BrN5/c1-20(8-11-7-16-4-5-17-11)14-12-6-10(15)2-3-13(12)18-9-19-14/h2-7,9H,8H2,1H3. The molecule has 0 amide bonds. The normalized spacial score (nSPS) is 10.7. The fraction of sp³-hybridized carbons (Fsp3) is 0.143. The van der Waals surface area contributed by atoms with Crippen LogP contribution in [0.3, 0.4) is 0 Å². The summed E-state index contributed by atoms with van der Waals surface area (Å²) in [4.78, 5) is 19.1. The molecule has 0 aliphatic carbocycles. The van der Waals surface area contributed by atoms with E-state index >= 15 is 0 Å². The Balaban J connectivity index is 1.99. The molecule has 3 rings (SSSR count). The molecule has 2 heterocycles. The zero-order valence-corrected chi connectivity index (χ0v) is 12.4. The minimum atomic E-state index is 0.645. The van der Waals surface area contributed by atoms with E-state index in [1.54, 1.807) is 24.9 Å². The van der Waals surface area contributed by atoms with Crippen LogP contribution in [0.25, 0.3) is 10.9 Å². The average Bonchev–Trinajstić information content (AvgIpc) is 2.47. The van der Waals surface area contributed by atoms with Gasteiger partial charge in [-0.2, -0.15) is 0 Å². The van der Waals surface area contributed by atoms with Crippen LogP contribution in [0.1, 0.15) is 5.69 Å². The molecule has 3 aromatic rings. The molecule has 0 saturated carbocycles.